The number of nitrogens with zero attached hydrogens (tertiary/aromatic N) is 3. The Kier molecular flexibility index (Phi) is 6.72. The lowest BCUT2D eigenvalue weighted by atomic mass is 9.97. The molecule has 4 rings (SSSR count). The number of carbonyl (C=O) groups excluding carboxylic acids is 2. The zero-order valence-electron chi connectivity index (χ0n) is 20.0. The first-order chi connectivity index (χ1) is 16.0. The quantitative estimate of drug-likeness (QED) is 0.583. The summed E-state index contributed by atoms with van der Waals surface area (Å²) in [5, 5.41) is 0. The molecule has 2 aliphatic rings. The zero-order valence-corrected chi connectivity index (χ0v) is 20.0. The average Bonchev–Trinajstić information content (AvgIpc) is 3.10. The minimum absolute atomic E-state index is 0.259. The SMILES string of the molecule is CCN(CC)c1ccc(N2C(=O)C(c3ccccc3OC)=C(N3CCCC(C)C3)C2=O)cc1. The van der Waals surface area contributed by atoms with E-state index in [1.54, 1.807) is 7.11 Å². The summed E-state index contributed by atoms with van der Waals surface area (Å²) < 4.78 is 5.57. The first-order valence-corrected chi connectivity index (χ1v) is 11.9. The van der Waals surface area contributed by atoms with Crippen LogP contribution in [-0.4, -0.2) is 50.0 Å². The number of benzene rings is 2. The number of methoxy groups -OCH3 is 1. The molecule has 33 heavy (non-hydrogen) atoms. The van der Waals surface area contributed by atoms with Gasteiger partial charge in [0.05, 0.1) is 18.4 Å². The Morgan fingerprint density at radius 3 is 2.33 bits per heavy atom. The molecule has 1 unspecified atom stereocenters. The van der Waals surface area contributed by atoms with Gasteiger partial charge in [-0.2, -0.15) is 0 Å². The van der Waals surface area contributed by atoms with Gasteiger partial charge >= 0.3 is 0 Å². The van der Waals surface area contributed by atoms with E-state index >= 15 is 0 Å². The molecule has 0 aromatic heterocycles. The molecular formula is C27H33N3O3. The van der Waals surface area contributed by atoms with Gasteiger partial charge in [0, 0.05) is 37.4 Å². The van der Waals surface area contributed by atoms with Crippen molar-refractivity contribution in [3.63, 3.8) is 0 Å². The summed E-state index contributed by atoms with van der Waals surface area (Å²) in [6.07, 6.45) is 2.14. The molecule has 1 saturated heterocycles. The van der Waals surface area contributed by atoms with Gasteiger partial charge in [-0.05, 0) is 62.9 Å². The van der Waals surface area contributed by atoms with Crippen LogP contribution in [0.2, 0.25) is 0 Å². The minimum Gasteiger partial charge on any atom is -0.496 e. The van der Waals surface area contributed by atoms with Crippen LogP contribution in [0.4, 0.5) is 11.4 Å². The predicted octanol–water partition coefficient (Wildman–Crippen LogP) is 4.56. The van der Waals surface area contributed by atoms with Crippen molar-refractivity contribution in [2.24, 2.45) is 5.92 Å². The standard InChI is InChI=1S/C27H33N3O3/c1-5-28(6-2)20-13-15-21(16-14-20)30-26(31)24(22-11-7-8-12-23(22)33-4)25(27(30)32)29-17-9-10-19(3)18-29/h7-8,11-16,19H,5-6,9-10,17-18H2,1-4H3. The highest BCUT2D eigenvalue weighted by atomic mass is 16.5. The van der Waals surface area contributed by atoms with Crippen molar-refractivity contribution in [2.45, 2.75) is 33.6 Å². The van der Waals surface area contributed by atoms with Gasteiger partial charge in [0.15, 0.2) is 0 Å². The van der Waals surface area contributed by atoms with E-state index in [9.17, 15) is 9.59 Å². The molecule has 1 fully saturated rings. The van der Waals surface area contributed by atoms with Gasteiger partial charge in [0.2, 0.25) is 0 Å². The van der Waals surface area contributed by atoms with Crippen molar-refractivity contribution in [2.75, 3.05) is 43.1 Å². The minimum atomic E-state index is -0.298. The number of hydrogen-bond acceptors (Lipinski definition) is 5. The van der Waals surface area contributed by atoms with E-state index in [4.69, 9.17) is 4.74 Å². The van der Waals surface area contributed by atoms with E-state index in [2.05, 4.69) is 30.6 Å². The number of rotatable bonds is 7. The number of para-hydroxylation sites is 1. The lowest BCUT2D eigenvalue weighted by molar-refractivity contribution is -0.120. The molecule has 0 aliphatic carbocycles. The van der Waals surface area contributed by atoms with Crippen LogP contribution in [0.3, 0.4) is 0 Å². The summed E-state index contributed by atoms with van der Waals surface area (Å²) in [6, 6.07) is 15.1. The summed E-state index contributed by atoms with van der Waals surface area (Å²) in [7, 11) is 1.59. The lowest BCUT2D eigenvalue weighted by Gasteiger charge is -2.33. The van der Waals surface area contributed by atoms with Gasteiger partial charge in [-0.3, -0.25) is 9.59 Å². The molecule has 2 aromatic carbocycles. The van der Waals surface area contributed by atoms with E-state index in [0.29, 0.717) is 34.2 Å². The number of amides is 2. The number of anilines is 2. The lowest BCUT2D eigenvalue weighted by Crippen LogP contribution is -2.39. The molecule has 0 spiro atoms. The van der Waals surface area contributed by atoms with Gasteiger partial charge in [-0.1, -0.05) is 25.1 Å². The van der Waals surface area contributed by atoms with Crippen LogP contribution in [-0.2, 0) is 9.59 Å². The van der Waals surface area contributed by atoms with Crippen LogP contribution < -0.4 is 14.5 Å². The number of piperidine rings is 1. The second-order valence-corrected chi connectivity index (χ2v) is 8.75. The van der Waals surface area contributed by atoms with Crippen molar-refractivity contribution in [3.05, 3.63) is 59.8 Å². The van der Waals surface area contributed by atoms with Crippen LogP contribution in [0, 0.1) is 5.92 Å². The molecule has 6 heteroatoms. The zero-order chi connectivity index (χ0) is 23.5. The average molecular weight is 448 g/mol. The van der Waals surface area contributed by atoms with Crippen LogP contribution in [0.1, 0.15) is 39.2 Å². The van der Waals surface area contributed by atoms with Crippen LogP contribution in [0.25, 0.3) is 5.57 Å². The Balaban J connectivity index is 1.78. The maximum atomic E-state index is 13.8. The fraction of sp³-hybridized carbons (Fsp3) is 0.407. The van der Waals surface area contributed by atoms with E-state index in [1.165, 1.54) is 4.90 Å². The fourth-order valence-electron chi connectivity index (χ4n) is 4.93. The van der Waals surface area contributed by atoms with Crippen LogP contribution in [0.15, 0.2) is 54.2 Å². The third-order valence-corrected chi connectivity index (χ3v) is 6.65. The Labute approximate surface area is 196 Å². The maximum Gasteiger partial charge on any atom is 0.282 e. The largest absolute Gasteiger partial charge is 0.496 e. The van der Waals surface area contributed by atoms with Crippen molar-refractivity contribution < 1.29 is 14.3 Å². The smallest absolute Gasteiger partial charge is 0.282 e. The first-order valence-electron chi connectivity index (χ1n) is 11.9. The van der Waals surface area contributed by atoms with Crippen LogP contribution >= 0.6 is 0 Å². The molecule has 2 amide bonds. The third-order valence-electron chi connectivity index (χ3n) is 6.65. The number of ether oxygens (including phenoxy) is 1. The molecule has 0 radical (unpaired) electrons. The normalized spacial score (nSPS) is 18.8. The molecule has 2 heterocycles. The Morgan fingerprint density at radius 2 is 1.70 bits per heavy atom. The molecule has 1 atom stereocenters. The molecule has 6 nitrogen and oxygen atoms in total. The third kappa shape index (κ3) is 4.22. The van der Waals surface area contributed by atoms with Crippen molar-refractivity contribution in [3.8, 4) is 5.75 Å². The van der Waals surface area contributed by atoms with Gasteiger partial charge in [0.1, 0.15) is 11.4 Å². The highest BCUT2D eigenvalue weighted by Crippen LogP contribution is 2.39. The van der Waals surface area contributed by atoms with Gasteiger partial charge in [-0.25, -0.2) is 4.90 Å². The summed E-state index contributed by atoms with van der Waals surface area (Å²) in [4.78, 5) is 33.2. The monoisotopic (exact) mass is 447 g/mol. The highest BCUT2D eigenvalue weighted by Gasteiger charge is 2.43. The van der Waals surface area contributed by atoms with Gasteiger partial charge in [0.25, 0.3) is 11.8 Å². The molecule has 0 saturated carbocycles. The van der Waals surface area contributed by atoms with Crippen LogP contribution in [0.5, 0.6) is 5.75 Å². The number of carbonyl (C=O) groups is 2. The van der Waals surface area contributed by atoms with Crippen molar-refractivity contribution in [1.82, 2.24) is 4.90 Å². The molecule has 2 aliphatic heterocycles. The summed E-state index contributed by atoms with van der Waals surface area (Å²) >= 11 is 0. The summed E-state index contributed by atoms with van der Waals surface area (Å²) in [5.41, 5.74) is 3.25. The predicted molar refractivity (Wildman–Crippen MR) is 132 cm³/mol. The molecular weight excluding hydrogens is 414 g/mol. The Hall–Kier alpha value is -3.28. The number of imide groups is 1. The van der Waals surface area contributed by atoms with E-state index < -0.39 is 0 Å². The molecule has 2 aromatic rings. The van der Waals surface area contributed by atoms with Gasteiger partial charge < -0.3 is 14.5 Å². The molecule has 0 bridgehead atoms. The highest BCUT2D eigenvalue weighted by molar-refractivity contribution is 6.45. The molecule has 174 valence electrons. The van der Waals surface area contributed by atoms with E-state index in [0.717, 1.165) is 44.7 Å². The first kappa shape index (κ1) is 22.9. The number of likely N-dealkylation sites (tertiary alicyclic amines) is 1. The Bertz CT molecular complexity index is 1060. The topological polar surface area (TPSA) is 53.1 Å². The summed E-state index contributed by atoms with van der Waals surface area (Å²) in [5.74, 6) is 0.504. The number of hydrogen-bond donors (Lipinski definition) is 0. The van der Waals surface area contributed by atoms with E-state index in [1.807, 2.05) is 48.5 Å². The van der Waals surface area contributed by atoms with Crippen molar-refractivity contribution >= 4 is 28.8 Å². The van der Waals surface area contributed by atoms with E-state index in [-0.39, 0.29) is 11.8 Å². The molecule has 0 N–H and O–H groups in total. The van der Waals surface area contributed by atoms with Crippen molar-refractivity contribution in [1.29, 1.82) is 0 Å². The maximum absolute atomic E-state index is 13.8. The second kappa shape index (κ2) is 9.69. The summed E-state index contributed by atoms with van der Waals surface area (Å²) in [6.45, 7) is 9.75. The second-order valence-electron chi connectivity index (χ2n) is 8.75. The fourth-order valence-corrected chi connectivity index (χ4v) is 4.93. The van der Waals surface area contributed by atoms with Gasteiger partial charge in [-0.15, -0.1) is 0 Å². The Morgan fingerprint density at radius 1 is 1.00 bits per heavy atom.